The quantitative estimate of drug-likeness (QED) is 0.693. The Labute approximate surface area is 79.5 Å². The van der Waals surface area contributed by atoms with Gasteiger partial charge in [0.25, 0.3) is 0 Å². The third-order valence-electron chi connectivity index (χ3n) is 1.49. The topological polar surface area (TPSA) is 29.1 Å². The molecule has 0 aromatic heterocycles. The molecule has 0 heterocycles. The van der Waals surface area contributed by atoms with Gasteiger partial charge in [-0.05, 0) is 25.5 Å². The zero-order valence-electron chi connectivity index (χ0n) is 8.22. The molecule has 0 saturated carbocycles. The molecule has 0 bridgehead atoms. The van der Waals surface area contributed by atoms with Gasteiger partial charge in [-0.15, -0.1) is 11.8 Å². The van der Waals surface area contributed by atoms with Crippen LogP contribution < -0.4 is 5.32 Å². The minimum Gasteiger partial charge on any atom is -0.355 e. The fourth-order valence-corrected chi connectivity index (χ4v) is 1.59. The second-order valence-electron chi connectivity index (χ2n) is 2.80. The summed E-state index contributed by atoms with van der Waals surface area (Å²) in [6, 6.07) is 0. The van der Waals surface area contributed by atoms with E-state index in [4.69, 9.17) is 0 Å². The summed E-state index contributed by atoms with van der Waals surface area (Å²) in [5.74, 6) is 1.25. The standard InChI is InChI=1S/C9H19NOS/c1-4-6-10-9(11)8(3)12-7-5-2/h8H,4-7H2,1-3H3,(H,10,11)/t8-/m0/s1. The van der Waals surface area contributed by atoms with Crippen molar-refractivity contribution in [1.29, 1.82) is 0 Å². The Hall–Kier alpha value is -0.180. The molecule has 1 N–H and O–H groups in total. The van der Waals surface area contributed by atoms with Gasteiger partial charge in [0.15, 0.2) is 0 Å². The molecule has 0 radical (unpaired) electrons. The van der Waals surface area contributed by atoms with E-state index in [9.17, 15) is 4.79 Å². The van der Waals surface area contributed by atoms with Gasteiger partial charge in [-0.25, -0.2) is 0 Å². The molecular formula is C9H19NOS. The summed E-state index contributed by atoms with van der Waals surface area (Å²) in [6.07, 6.45) is 2.15. The Morgan fingerprint density at radius 2 is 2.08 bits per heavy atom. The maximum absolute atomic E-state index is 11.3. The summed E-state index contributed by atoms with van der Waals surface area (Å²) in [5.41, 5.74) is 0. The van der Waals surface area contributed by atoms with Crippen LogP contribution in [0.15, 0.2) is 0 Å². The number of hydrogen-bond donors (Lipinski definition) is 1. The molecule has 12 heavy (non-hydrogen) atoms. The molecule has 0 saturated heterocycles. The zero-order chi connectivity index (χ0) is 9.40. The second kappa shape index (κ2) is 7.47. The first-order valence-corrected chi connectivity index (χ1v) is 5.66. The molecule has 1 atom stereocenters. The van der Waals surface area contributed by atoms with Gasteiger partial charge in [-0.3, -0.25) is 4.79 Å². The van der Waals surface area contributed by atoms with Crippen LogP contribution in [0.5, 0.6) is 0 Å². The number of carbonyl (C=O) groups excluding carboxylic acids is 1. The Balaban J connectivity index is 3.47. The third kappa shape index (κ3) is 5.47. The van der Waals surface area contributed by atoms with Gasteiger partial charge < -0.3 is 5.32 Å². The Morgan fingerprint density at radius 1 is 1.42 bits per heavy atom. The molecule has 2 nitrogen and oxygen atoms in total. The van der Waals surface area contributed by atoms with E-state index in [1.165, 1.54) is 0 Å². The molecule has 0 unspecified atom stereocenters. The highest BCUT2D eigenvalue weighted by atomic mass is 32.2. The molecule has 0 aromatic carbocycles. The summed E-state index contributed by atoms with van der Waals surface area (Å²) in [7, 11) is 0. The van der Waals surface area contributed by atoms with Crippen molar-refractivity contribution in [3.63, 3.8) is 0 Å². The summed E-state index contributed by atoms with van der Waals surface area (Å²) in [6.45, 7) is 6.95. The van der Waals surface area contributed by atoms with Crippen molar-refractivity contribution in [3.8, 4) is 0 Å². The van der Waals surface area contributed by atoms with E-state index in [1.54, 1.807) is 11.8 Å². The Kier molecular flexibility index (Phi) is 7.36. The molecular weight excluding hydrogens is 170 g/mol. The van der Waals surface area contributed by atoms with Gasteiger partial charge in [0.05, 0.1) is 5.25 Å². The second-order valence-corrected chi connectivity index (χ2v) is 4.25. The minimum absolute atomic E-state index is 0.108. The van der Waals surface area contributed by atoms with Crippen molar-refractivity contribution >= 4 is 17.7 Å². The molecule has 0 aromatic rings. The van der Waals surface area contributed by atoms with Crippen LogP contribution in [0.2, 0.25) is 0 Å². The van der Waals surface area contributed by atoms with Gasteiger partial charge in [0.2, 0.25) is 5.91 Å². The van der Waals surface area contributed by atoms with Crippen molar-refractivity contribution in [3.05, 3.63) is 0 Å². The number of carbonyl (C=O) groups is 1. The van der Waals surface area contributed by atoms with Crippen molar-refractivity contribution in [2.24, 2.45) is 0 Å². The van der Waals surface area contributed by atoms with Gasteiger partial charge in [-0.2, -0.15) is 0 Å². The number of rotatable bonds is 6. The molecule has 72 valence electrons. The number of nitrogens with one attached hydrogen (secondary N) is 1. The lowest BCUT2D eigenvalue weighted by atomic mass is 10.4. The zero-order valence-corrected chi connectivity index (χ0v) is 9.04. The van der Waals surface area contributed by atoms with Crippen LogP contribution in [0.25, 0.3) is 0 Å². The third-order valence-corrected chi connectivity index (χ3v) is 2.85. The largest absolute Gasteiger partial charge is 0.355 e. The number of thioether (sulfide) groups is 1. The van der Waals surface area contributed by atoms with Gasteiger partial charge >= 0.3 is 0 Å². The van der Waals surface area contributed by atoms with E-state index in [2.05, 4.69) is 19.2 Å². The first-order valence-electron chi connectivity index (χ1n) is 4.61. The van der Waals surface area contributed by atoms with Crippen LogP contribution in [-0.2, 0) is 4.79 Å². The van der Waals surface area contributed by atoms with E-state index >= 15 is 0 Å². The fraction of sp³-hybridized carbons (Fsp3) is 0.889. The molecule has 0 aliphatic rings. The number of hydrogen-bond acceptors (Lipinski definition) is 2. The summed E-state index contributed by atoms with van der Waals surface area (Å²) in [4.78, 5) is 11.3. The summed E-state index contributed by atoms with van der Waals surface area (Å²) in [5, 5.41) is 2.99. The van der Waals surface area contributed by atoms with Crippen LogP contribution >= 0.6 is 11.8 Å². The molecule has 1 amide bonds. The van der Waals surface area contributed by atoms with Crippen LogP contribution in [0, 0.1) is 0 Å². The van der Waals surface area contributed by atoms with E-state index in [0.717, 1.165) is 25.1 Å². The lowest BCUT2D eigenvalue weighted by Gasteiger charge is -2.10. The van der Waals surface area contributed by atoms with E-state index in [1.807, 2.05) is 6.92 Å². The smallest absolute Gasteiger partial charge is 0.232 e. The Morgan fingerprint density at radius 3 is 2.58 bits per heavy atom. The maximum atomic E-state index is 11.3. The SMILES string of the molecule is CCCNC(=O)[C@H](C)SCCC. The summed E-state index contributed by atoms with van der Waals surface area (Å²) >= 11 is 1.72. The lowest BCUT2D eigenvalue weighted by molar-refractivity contribution is -0.120. The van der Waals surface area contributed by atoms with Crippen molar-refractivity contribution in [2.45, 2.75) is 38.9 Å². The lowest BCUT2D eigenvalue weighted by Crippen LogP contribution is -2.31. The van der Waals surface area contributed by atoms with Crippen LogP contribution in [0.3, 0.4) is 0 Å². The highest BCUT2D eigenvalue weighted by Gasteiger charge is 2.10. The minimum atomic E-state index is 0.108. The van der Waals surface area contributed by atoms with Gasteiger partial charge in [-0.1, -0.05) is 13.8 Å². The van der Waals surface area contributed by atoms with E-state index in [-0.39, 0.29) is 11.2 Å². The number of amides is 1. The maximum Gasteiger partial charge on any atom is 0.232 e. The summed E-state index contributed by atoms with van der Waals surface area (Å²) < 4.78 is 0. The monoisotopic (exact) mass is 189 g/mol. The van der Waals surface area contributed by atoms with Crippen LogP contribution in [0.4, 0.5) is 0 Å². The first kappa shape index (κ1) is 11.8. The van der Waals surface area contributed by atoms with Gasteiger partial charge in [0, 0.05) is 6.54 Å². The highest BCUT2D eigenvalue weighted by molar-refractivity contribution is 8.00. The van der Waals surface area contributed by atoms with E-state index < -0.39 is 0 Å². The predicted molar refractivity (Wildman–Crippen MR) is 55.5 cm³/mol. The van der Waals surface area contributed by atoms with Crippen LogP contribution in [-0.4, -0.2) is 23.5 Å². The van der Waals surface area contributed by atoms with E-state index in [0.29, 0.717) is 0 Å². The normalized spacial score (nSPS) is 12.6. The van der Waals surface area contributed by atoms with Crippen molar-refractivity contribution in [1.82, 2.24) is 5.32 Å². The molecule has 0 fully saturated rings. The average Bonchev–Trinajstić information content (AvgIpc) is 2.10. The molecule has 0 aliphatic heterocycles. The van der Waals surface area contributed by atoms with Crippen molar-refractivity contribution in [2.75, 3.05) is 12.3 Å². The van der Waals surface area contributed by atoms with Crippen LogP contribution in [0.1, 0.15) is 33.6 Å². The molecule has 3 heteroatoms. The Bertz CT molecular complexity index is 128. The predicted octanol–water partition coefficient (Wildman–Crippen LogP) is 2.04. The fourth-order valence-electron chi connectivity index (χ4n) is 0.762. The average molecular weight is 189 g/mol. The first-order chi connectivity index (χ1) is 5.72. The molecule has 0 spiro atoms. The van der Waals surface area contributed by atoms with Crippen molar-refractivity contribution < 1.29 is 4.79 Å². The van der Waals surface area contributed by atoms with Gasteiger partial charge in [0.1, 0.15) is 0 Å². The highest BCUT2D eigenvalue weighted by Crippen LogP contribution is 2.10. The molecule has 0 aliphatic carbocycles. The molecule has 0 rings (SSSR count).